The van der Waals surface area contributed by atoms with Gasteiger partial charge in [0.05, 0.1) is 7.11 Å². The van der Waals surface area contributed by atoms with Crippen LogP contribution in [0.5, 0.6) is 5.88 Å². The van der Waals surface area contributed by atoms with Crippen molar-refractivity contribution in [1.29, 1.82) is 0 Å². The number of carbonyl (C=O) groups is 1. The summed E-state index contributed by atoms with van der Waals surface area (Å²) < 4.78 is 5.01. The maximum atomic E-state index is 10.5. The lowest BCUT2D eigenvalue weighted by molar-refractivity contribution is 0.111. The van der Waals surface area contributed by atoms with Gasteiger partial charge in [0.1, 0.15) is 16.4 Å². The Morgan fingerprint density at radius 1 is 1.40 bits per heavy atom. The molecule has 0 fully saturated rings. The molecule has 2 rings (SSSR count). The van der Waals surface area contributed by atoms with Crippen molar-refractivity contribution in [2.45, 2.75) is 0 Å². The normalized spacial score (nSPS) is 9.93. The van der Waals surface area contributed by atoms with E-state index in [1.807, 2.05) is 12.1 Å². The highest BCUT2D eigenvalue weighted by atomic mass is 32.1. The number of thiazole rings is 1. The summed E-state index contributed by atoms with van der Waals surface area (Å²) in [7, 11) is 1.56. The zero-order valence-electron chi connectivity index (χ0n) is 8.01. The van der Waals surface area contributed by atoms with Crippen molar-refractivity contribution >= 4 is 17.6 Å². The second-order valence-corrected chi connectivity index (χ2v) is 3.62. The Bertz CT molecular complexity index is 482. The summed E-state index contributed by atoms with van der Waals surface area (Å²) in [5.41, 5.74) is 1.15. The lowest BCUT2D eigenvalue weighted by atomic mass is 10.3. The van der Waals surface area contributed by atoms with Gasteiger partial charge in [0.2, 0.25) is 5.88 Å². The zero-order valence-corrected chi connectivity index (χ0v) is 8.82. The van der Waals surface area contributed by atoms with Crippen molar-refractivity contribution in [3.63, 3.8) is 0 Å². The first-order valence-electron chi connectivity index (χ1n) is 4.25. The minimum Gasteiger partial charge on any atom is -0.481 e. The lowest BCUT2D eigenvalue weighted by Crippen LogP contribution is -1.89. The Hall–Kier alpha value is -1.75. The molecule has 0 aliphatic heterocycles. The summed E-state index contributed by atoms with van der Waals surface area (Å²) in [5.74, 6) is 0.537. The van der Waals surface area contributed by atoms with Crippen LogP contribution in [0, 0.1) is 0 Å². The number of aldehydes is 1. The van der Waals surface area contributed by atoms with Gasteiger partial charge >= 0.3 is 0 Å². The van der Waals surface area contributed by atoms with Gasteiger partial charge in [-0.25, -0.2) is 9.97 Å². The van der Waals surface area contributed by atoms with Gasteiger partial charge in [0.25, 0.3) is 0 Å². The fourth-order valence-electron chi connectivity index (χ4n) is 1.11. The molecule has 0 aromatic carbocycles. The number of pyridine rings is 1. The largest absolute Gasteiger partial charge is 0.481 e. The van der Waals surface area contributed by atoms with Gasteiger partial charge in [-0.05, 0) is 6.07 Å². The highest BCUT2D eigenvalue weighted by Gasteiger charge is 2.06. The third-order valence-electron chi connectivity index (χ3n) is 1.79. The lowest BCUT2D eigenvalue weighted by Gasteiger charge is -1.99. The highest BCUT2D eigenvalue weighted by molar-refractivity contribution is 7.13. The van der Waals surface area contributed by atoms with Crippen LogP contribution in [0.1, 0.15) is 10.5 Å². The smallest absolute Gasteiger partial charge is 0.213 e. The van der Waals surface area contributed by atoms with Crippen LogP contribution in [0.25, 0.3) is 10.7 Å². The standard InChI is InChI=1S/C10H8N2O2S/c1-14-9-4-2-3-8(12-9)10-11-7(5-13)6-15-10/h2-6H,1H3. The molecule has 2 heterocycles. The first-order chi connectivity index (χ1) is 7.33. The van der Waals surface area contributed by atoms with Crippen molar-refractivity contribution in [3.05, 3.63) is 29.3 Å². The third-order valence-corrected chi connectivity index (χ3v) is 2.68. The summed E-state index contributed by atoms with van der Waals surface area (Å²) >= 11 is 1.39. The predicted molar refractivity (Wildman–Crippen MR) is 57.3 cm³/mol. The molecule has 0 aliphatic carbocycles. The number of hydrogen-bond donors (Lipinski definition) is 0. The van der Waals surface area contributed by atoms with Crippen LogP contribution >= 0.6 is 11.3 Å². The van der Waals surface area contributed by atoms with E-state index in [1.165, 1.54) is 11.3 Å². The fraction of sp³-hybridized carbons (Fsp3) is 0.100. The third kappa shape index (κ3) is 2.02. The molecular formula is C10H8N2O2S. The molecule has 0 unspecified atom stereocenters. The molecule has 0 radical (unpaired) electrons. The number of nitrogens with zero attached hydrogens (tertiary/aromatic N) is 2. The van der Waals surface area contributed by atoms with Crippen LogP contribution in [-0.4, -0.2) is 23.4 Å². The van der Waals surface area contributed by atoms with Crippen molar-refractivity contribution in [1.82, 2.24) is 9.97 Å². The number of rotatable bonds is 3. The molecule has 0 amide bonds. The Balaban J connectivity index is 2.39. The molecule has 0 saturated carbocycles. The average Bonchev–Trinajstić information content (AvgIpc) is 2.78. The maximum absolute atomic E-state index is 10.5. The molecule has 15 heavy (non-hydrogen) atoms. The van der Waals surface area contributed by atoms with E-state index in [9.17, 15) is 4.79 Å². The van der Waals surface area contributed by atoms with Gasteiger partial charge in [0.15, 0.2) is 6.29 Å². The molecule has 0 bridgehead atoms. The predicted octanol–water partition coefficient (Wildman–Crippen LogP) is 2.03. The Kier molecular flexibility index (Phi) is 2.73. The quantitative estimate of drug-likeness (QED) is 0.742. The van der Waals surface area contributed by atoms with Gasteiger partial charge in [-0.15, -0.1) is 11.3 Å². The van der Waals surface area contributed by atoms with Gasteiger partial charge in [-0.2, -0.15) is 0 Å². The van der Waals surface area contributed by atoms with Crippen LogP contribution < -0.4 is 4.74 Å². The number of hydrogen-bond acceptors (Lipinski definition) is 5. The van der Waals surface area contributed by atoms with Gasteiger partial charge in [-0.3, -0.25) is 4.79 Å². The summed E-state index contributed by atoms with van der Waals surface area (Å²) in [4.78, 5) is 18.8. The van der Waals surface area contributed by atoms with E-state index >= 15 is 0 Å². The van der Waals surface area contributed by atoms with E-state index in [4.69, 9.17) is 4.74 Å². The Morgan fingerprint density at radius 2 is 2.27 bits per heavy atom. The molecule has 0 saturated heterocycles. The molecule has 0 spiro atoms. The number of ether oxygens (including phenoxy) is 1. The van der Waals surface area contributed by atoms with E-state index in [2.05, 4.69) is 9.97 Å². The molecule has 0 N–H and O–H groups in total. The molecule has 76 valence electrons. The molecule has 0 atom stereocenters. The number of methoxy groups -OCH3 is 1. The zero-order chi connectivity index (χ0) is 10.7. The summed E-state index contributed by atoms with van der Waals surface area (Å²) in [6.07, 6.45) is 0.722. The van der Waals surface area contributed by atoms with Crippen molar-refractivity contribution in [2.75, 3.05) is 7.11 Å². The fourth-order valence-corrected chi connectivity index (χ4v) is 1.84. The van der Waals surface area contributed by atoms with Crippen molar-refractivity contribution in [3.8, 4) is 16.6 Å². The number of aromatic nitrogens is 2. The molecule has 4 nitrogen and oxygen atoms in total. The minimum atomic E-state index is 0.430. The van der Waals surface area contributed by atoms with Gasteiger partial charge in [0, 0.05) is 11.4 Å². The summed E-state index contributed by atoms with van der Waals surface area (Å²) in [6.45, 7) is 0. The first-order valence-corrected chi connectivity index (χ1v) is 5.13. The minimum absolute atomic E-state index is 0.430. The SMILES string of the molecule is COc1cccc(-c2nc(C=O)cs2)n1. The van der Waals surface area contributed by atoms with Crippen molar-refractivity contribution < 1.29 is 9.53 Å². The van der Waals surface area contributed by atoms with Crippen molar-refractivity contribution in [2.24, 2.45) is 0 Å². The van der Waals surface area contributed by atoms with Crippen LogP contribution in [0.3, 0.4) is 0 Å². The Morgan fingerprint density at radius 3 is 2.93 bits per heavy atom. The van der Waals surface area contributed by atoms with E-state index < -0.39 is 0 Å². The average molecular weight is 220 g/mol. The Labute approximate surface area is 90.6 Å². The van der Waals surface area contributed by atoms with Crippen LogP contribution in [0.4, 0.5) is 0 Å². The molecule has 2 aromatic heterocycles. The molecule has 0 aliphatic rings. The summed E-state index contributed by atoms with van der Waals surface area (Å²) in [6, 6.07) is 5.43. The maximum Gasteiger partial charge on any atom is 0.213 e. The second kappa shape index (κ2) is 4.18. The van der Waals surface area contributed by atoms with Crippen LogP contribution in [-0.2, 0) is 0 Å². The van der Waals surface area contributed by atoms with E-state index in [0.717, 1.165) is 11.3 Å². The van der Waals surface area contributed by atoms with E-state index in [1.54, 1.807) is 18.6 Å². The highest BCUT2D eigenvalue weighted by Crippen LogP contribution is 2.22. The first kappa shape index (κ1) is 9.79. The molecule has 2 aromatic rings. The number of carbonyl (C=O) groups excluding carboxylic acids is 1. The van der Waals surface area contributed by atoms with Crippen LogP contribution in [0.2, 0.25) is 0 Å². The topological polar surface area (TPSA) is 52.1 Å². The molecular weight excluding hydrogens is 212 g/mol. The van der Waals surface area contributed by atoms with Gasteiger partial charge in [-0.1, -0.05) is 6.07 Å². The second-order valence-electron chi connectivity index (χ2n) is 2.76. The van der Waals surface area contributed by atoms with E-state index in [0.29, 0.717) is 17.3 Å². The van der Waals surface area contributed by atoms with E-state index in [-0.39, 0.29) is 0 Å². The molecule has 5 heteroatoms. The van der Waals surface area contributed by atoms with Gasteiger partial charge < -0.3 is 4.74 Å². The van der Waals surface area contributed by atoms with Crippen LogP contribution in [0.15, 0.2) is 23.6 Å². The monoisotopic (exact) mass is 220 g/mol. The summed E-state index contributed by atoms with van der Waals surface area (Å²) in [5, 5.41) is 2.42.